The molecule has 68 valence electrons. The molecule has 1 aliphatic carbocycles. The quantitative estimate of drug-likeness (QED) is 0.792. The fourth-order valence-electron chi connectivity index (χ4n) is 1.40. The van der Waals surface area contributed by atoms with Gasteiger partial charge in [-0.3, -0.25) is 4.79 Å². The van der Waals surface area contributed by atoms with Gasteiger partial charge in [0.15, 0.2) is 0 Å². The summed E-state index contributed by atoms with van der Waals surface area (Å²) in [5.74, 6) is 0.775. The van der Waals surface area contributed by atoms with Crippen molar-refractivity contribution in [2.24, 2.45) is 5.92 Å². The van der Waals surface area contributed by atoms with Crippen molar-refractivity contribution < 1.29 is 4.79 Å². The molecule has 1 fully saturated rings. The number of Topliss-reactive ketones (excluding diaryl/α,β-unsaturated/α-hetero) is 1. The van der Waals surface area contributed by atoms with E-state index in [4.69, 9.17) is 0 Å². The van der Waals surface area contributed by atoms with Crippen molar-refractivity contribution in [1.82, 2.24) is 0 Å². The van der Waals surface area contributed by atoms with Crippen LogP contribution in [0.5, 0.6) is 0 Å². The van der Waals surface area contributed by atoms with Gasteiger partial charge in [0.2, 0.25) is 0 Å². The molecule has 0 heterocycles. The van der Waals surface area contributed by atoms with Crippen LogP contribution in [0.4, 0.5) is 0 Å². The maximum absolute atomic E-state index is 11.5. The number of benzene rings is 1. The number of carbonyl (C=O) groups excluding carboxylic acids is 1. The number of halogens is 1. The van der Waals surface area contributed by atoms with E-state index in [1.165, 1.54) is 0 Å². The summed E-state index contributed by atoms with van der Waals surface area (Å²) < 4.78 is 1.05. The van der Waals surface area contributed by atoms with E-state index in [1.54, 1.807) is 0 Å². The number of hydrogen-bond donors (Lipinski definition) is 0. The molecule has 2 rings (SSSR count). The molecule has 0 radical (unpaired) electrons. The molecule has 0 aromatic heterocycles. The number of hydrogen-bond acceptors (Lipinski definition) is 1. The molecule has 0 unspecified atom stereocenters. The highest BCUT2D eigenvalue weighted by atomic mass is 79.9. The van der Waals surface area contributed by atoms with Crippen LogP contribution in [-0.2, 0) is 11.2 Å². The van der Waals surface area contributed by atoms with Crippen molar-refractivity contribution in [3.63, 3.8) is 0 Å². The van der Waals surface area contributed by atoms with Gasteiger partial charge in [0.1, 0.15) is 5.78 Å². The average molecular weight is 239 g/mol. The lowest BCUT2D eigenvalue weighted by atomic mass is 10.1. The lowest BCUT2D eigenvalue weighted by Gasteiger charge is -1.99. The standard InChI is InChI=1S/C11H11BrO/c12-10-3-1-2-8(6-10)7-11(13)9-4-5-9/h1-3,6,9H,4-5,7H2. The van der Waals surface area contributed by atoms with Crippen molar-refractivity contribution in [3.8, 4) is 0 Å². The normalized spacial score (nSPS) is 15.8. The van der Waals surface area contributed by atoms with Crippen molar-refractivity contribution in [1.29, 1.82) is 0 Å². The van der Waals surface area contributed by atoms with E-state index < -0.39 is 0 Å². The van der Waals surface area contributed by atoms with Gasteiger partial charge < -0.3 is 0 Å². The van der Waals surface area contributed by atoms with E-state index in [0.717, 1.165) is 22.9 Å². The van der Waals surface area contributed by atoms with E-state index in [0.29, 0.717) is 18.1 Å². The summed E-state index contributed by atoms with van der Waals surface area (Å²) >= 11 is 3.39. The van der Waals surface area contributed by atoms with E-state index in [1.807, 2.05) is 24.3 Å². The molecular formula is C11H11BrO. The summed E-state index contributed by atoms with van der Waals surface area (Å²) in [5.41, 5.74) is 1.12. The Kier molecular flexibility index (Phi) is 2.49. The summed E-state index contributed by atoms with van der Waals surface area (Å²) in [6.07, 6.45) is 2.81. The topological polar surface area (TPSA) is 17.1 Å². The van der Waals surface area contributed by atoms with Gasteiger partial charge in [-0.05, 0) is 30.5 Å². The van der Waals surface area contributed by atoms with Gasteiger partial charge in [-0.15, -0.1) is 0 Å². The van der Waals surface area contributed by atoms with Gasteiger partial charge in [-0.2, -0.15) is 0 Å². The predicted molar refractivity (Wildman–Crippen MR) is 55.6 cm³/mol. The third kappa shape index (κ3) is 2.41. The molecule has 1 aromatic carbocycles. The fraction of sp³-hybridized carbons (Fsp3) is 0.364. The van der Waals surface area contributed by atoms with Crippen molar-refractivity contribution >= 4 is 21.7 Å². The zero-order valence-corrected chi connectivity index (χ0v) is 8.88. The molecule has 1 aromatic rings. The second-order valence-electron chi connectivity index (χ2n) is 3.55. The maximum Gasteiger partial charge on any atom is 0.140 e. The molecule has 2 heteroatoms. The minimum Gasteiger partial charge on any atom is -0.299 e. The lowest BCUT2D eigenvalue weighted by Crippen LogP contribution is -2.04. The predicted octanol–water partition coefficient (Wildman–Crippen LogP) is 2.97. The summed E-state index contributed by atoms with van der Waals surface area (Å²) in [7, 11) is 0. The van der Waals surface area contributed by atoms with Crippen LogP contribution in [-0.4, -0.2) is 5.78 Å². The van der Waals surface area contributed by atoms with E-state index >= 15 is 0 Å². The molecular weight excluding hydrogens is 228 g/mol. The zero-order chi connectivity index (χ0) is 9.26. The SMILES string of the molecule is O=C(Cc1cccc(Br)c1)C1CC1. The minimum absolute atomic E-state index is 0.374. The highest BCUT2D eigenvalue weighted by Gasteiger charge is 2.28. The molecule has 0 bridgehead atoms. The summed E-state index contributed by atoms with van der Waals surface area (Å²) in [6, 6.07) is 7.97. The van der Waals surface area contributed by atoms with Crippen molar-refractivity contribution in [2.75, 3.05) is 0 Å². The van der Waals surface area contributed by atoms with Gasteiger partial charge in [-0.25, -0.2) is 0 Å². The second kappa shape index (κ2) is 3.62. The molecule has 0 amide bonds. The van der Waals surface area contributed by atoms with Crippen LogP contribution < -0.4 is 0 Å². The van der Waals surface area contributed by atoms with Crippen LogP contribution in [0.15, 0.2) is 28.7 Å². The average Bonchev–Trinajstić information content (AvgIpc) is 2.85. The summed E-state index contributed by atoms with van der Waals surface area (Å²) in [4.78, 5) is 11.5. The van der Waals surface area contributed by atoms with Crippen LogP contribution in [0.3, 0.4) is 0 Å². The Labute approximate surface area is 86.3 Å². The molecule has 0 spiro atoms. The number of rotatable bonds is 3. The monoisotopic (exact) mass is 238 g/mol. The Morgan fingerprint density at radius 2 is 2.23 bits per heavy atom. The summed E-state index contributed by atoms with van der Waals surface area (Å²) in [5, 5.41) is 0. The van der Waals surface area contributed by atoms with Crippen molar-refractivity contribution in [3.05, 3.63) is 34.3 Å². The lowest BCUT2D eigenvalue weighted by molar-refractivity contribution is -0.119. The molecule has 13 heavy (non-hydrogen) atoms. The maximum atomic E-state index is 11.5. The van der Waals surface area contributed by atoms with Crippen LogP contribution in [0, 0.1) is 5.92 Å². The summed E-state index contributed by atoms with van der Waals surface area (Å²) in [6.45, 7) is 0. The van der Waals surface area contributed by atoms with Crippen LogP contribution >= 0.6 is 15.9 Å². The molecule has 0 saturated heterocycles. The van der Waals surface area contributed by atoms with Crippen LogP contribution in [0.2, 0.25) is 0 Å². The number of carbonyl (C=O) groups is 1. The van der Waals surface area contributed by atoms with Gasteiger partial charge in [0.25, 0.3) is 0 Å². The Morgan fingerprint density at radius 1 is 1.46 bits per heavy atom. The first kappa shape index (κ1) is 8.95. The van der Waals surface area contributed by atoms with Gasteiger partial charge in [-0.1, -0.05) is 28.1 Å². The second-order valence-corrected chi connectivity index (χ2v) is 4.46. The van der Waals surface area contributed by atoms with E-state index in [2.05, 4.69) is 15.9 Å². The first-order valence-electron chi connectivity index (χ1n) is 4.53. The first-order valence-corrected chi connectivity index (χ1v) is 5.32. The Balaban J connectivity index is 2.04. The van der Waals surface area contributed by atoms with E-state index in [9.17, 15) is 4.79 Å². The molecule has 1 aliphatic rings. The molecule has 0 N–H and O–H groups in total. The molecule has 0 aliphatic heterocycles. The van der Waals surface area contributed by atoms with E-state index in [-0.39, 0.29) is 0 Å². The van der Waals surface area contributed by atoms with Crippen molar-refractivity contribution in [2.45, 2.75) is 19.3 Å². The zero-order valence-electron chi connectivity index (χ0n) is 7.29. The van der Waals surface area contributed by atoms with Gasteiger partial charge >= 0.3 is 0 Å². The smallest absolute Gasteiger partial charge is 0.140 e. The molecule has 1 nitrogen and oxygen atoms in total. The Bertz CT molecular complexity index is 329. The third-order valence-electron chi connectivity index (χ3n) is 2.30. The van der Waals surface area contributed by atoms with Crippen LogP contribution in [0.25, 0.3) is 0 Å². The Hall–Kier alpha value is -0.630. The minimum atomic E-state index is 0.374. The highest BCUT2D eigenvalue weighted by molar-refractivity contribution is 9.10. The highest BCUT2D eigenvalue weighted by Crippen LogP contribution is 2.31. The first-order chi connectivity index (χ1) is 6.25. The van der Waals surface area contributed by atoms with Gasteiger partial charge in [0, 0.05) is 16.8 Å². The molecule has 0 atom stereocenters. The number of ketones is 1. The van der Waals surface area contributed by atoms with Crippen LogP contribution in [0.1, 0.15) is 18.4 Å². The fourth-order valence-corrected chi connectivity index (χ4v) is 1.84. The largest absolute Gasteiger partial charge is 0.299 e. The Morgan fingerprint density at radius 3 is 2.85 bits per heavy atom. The third-order valence-corrected chi connectivity index (χ3v) is 2.79. The molecule has 1 saturated carbocycles. The van der Waals surface area contributed by atoms with Gasteiger partial charge in [0.05, 0.1) is 0 Å².